The van der Waals surface area contributed by atoms with Crippen LogP contribution in [0.1, 0.15) is 44.7 Å². The highest BCUT2D eigenvalue weighted by Gasteiger charge is 2.33. The van der Waals surface area contributed by atoms with Crippen LogP contribution in [0.5, 0.6) is 0 Å². The van der Waals surface area contributed by atoms with Gasteiger partial charge in [-0.15, -0.1) is 12.4 Å². The first-order valence-electron chi connectivity index (χ1n) is 8.36. The molecule has 0 aromatic heterocycles. The molecule has 1 aliphatic rings. The van der Waals surface area contributed by atoms with E-state index in [1.807, 2.05) is 44.2 Å². The summed E-state index contributed by atoms with van der Waals surface area (Å²) in [4.78, 5) is 24.8. The number of amides is 2. The van der Waals surface area contributed by atoms with Crippen LogP contribution >= 0.6 is 12.4 Å². The van der Waals surface area contributed by atoms with E-state index in [1.165, 1.54) is 0 Å². The van der Waals surface area contributed by atoms with E-state index in [2.05, 4.69) is 10.6 Å². The Hall–Kier alpha value is -1.59. The van der Waals surface area contributed by atoms with Crippen LogP contribution in [0.2, 0.25) is 0 Å². The molecule has 1 saturated carbocycles. The van der Waals surface area contributed by atoms with Crippen LogP contribution in [-0.2, 0) is 9.59 Å². The summed E-state index contributed by atoms with van der Waals surface area (Å²) in [6.45, 7) is 4.39. The van der Waals surface area contributed by atoms with Gasteiger partial charge in [-0.25, -0.2) is 0 Å². The van der Waals surface area contributed by atoms with Gasteiger partial charge in [0, 0.05) is 19.0 Å². The van der Waals surface area contributed by atoms with Crippen molar-refractivity contribution in [3.05, 3.63) is 35.9 Å². The monoisotopic (exact) mass is 353 g/mol. The predicted molar refractivity (Wildman–Crippen MR) is 97.7 cm³/mol. The minimum atomic E-state index is -0.671. The van der Waals surface area contributed by atoms with Gasteiger partial charge in [-0.1, -0.05) is 44.2 Å². The summed E-state index contributed by atoms with van der Waals surface area (Å²) >= 11 is 0. The maximum absolute atomic E-state index is 12.7. The van der Waals surface area contributed by atoms with Crippen molar-refractivity contribution < 1.29 is 9.59 Å². The third-order valence-corrected chi connectivity index (χ3v) is 4.07. The molecule has 1 aliphatic carbocycles. The van der Waals surface area contributed by atoms with E-state index in [9.17, 15) is 9.59 Å². The summed E-state index contributed by atoms with van der Waals surface area (Å²) in [7, 11) is 0. The summed E-state index contributed by atoms with van der Waals surface area (Å²) in [5.74, 6) is 0.430. The second kappa shape index (κ2) is 9.64. The Labute approximate surface area is 150 Å². The van der Waals surface area contributed by atoms with Crippen LogP contribution in [0.25, 0.3) is 0 Å². The maximum Gasteiger partial charge on any atom is 0.247 e. The lowest BCUT2D eigenvalue weighted by molar-refractivity contribution is -0.130. The van der Waals surface area contributed by atoms with Crippen LogP contribution in [-0.4, -0.2) is 24.4 Å². The minimum absolute atomic E-state index is 0. The van der Waals surface area contributed by atoms with Crippen molar-refractivity contribution in [1.29, 1.82) is 0 Å². The molecule has 1 aromatic rings. The molecular weight excluding hydrogens is 326 g/mol. The average Bonchev–Trinajstić information content (AvgIpc) is 3.35. The number of benzene rings is 1. The number of nitrogens with two attached hydrogens (primary N) is 1. The zero-order valence-corrected chi connectivity index (χ0v) is 15.1. The Morgan fingerprint density at radius 1 is 1.17 bits per heavy atom. The Bertz CT molecular complexity index is 532. The first kappa shape index (κ1) is 20.5. The van der Waals surface area contributed by atoms with Crippen molar-refractivity contribution in [2.75, 3.05) is 6.54 Å². The van der Waals surface area contributed by atoms with Crippen LogP contribution in [0.4, 0.5) is 0 Å². The number of rotatable bonds is 8. The molecule has 1 fully saturated rings. The molecule has 0 radical (unpaired) electrons. The second-order valence-corrected chi connectivity index (χ2v) is 6.70. The van der Waals surface area contributed by atoms with Gasteiger partial charge in [0.15, 0.2) is 0 Å². The standard InChI is InChI=1S/C18H27N3O2.ClH/c1-12(2)10-16(22)21-17(14-6-4-3-5-7-14)18(23)20-15(11-19)13-8-9-13;/h3-7,12-13,15,17H,8-11,19H2,1-2H3,(H,20,23)(H,21,22);1H. The molecule has 0 bridgehead atoms. The molecule has 0 heterocycles. The van der Waals surface area contributed by atoms with Gasteiger partial charge in [-0.05, 0) is 30.2 Å². The summed E-state index contributed by atoms with van der Waals surface area (Å²) in [5, 5.41) is 5.87. The van der Waals surface area contributed by atoms with E-state index in [4.69, 9.17) is 5.73 Å². The predicted octanol–water partition coefficient (Wildman–Crippen LogP) is 2.17. The highest BCUT2D eigenvalue weighted by molar-refractivity contribution is 5.89. The van der Waals surface area contributed by atoms with Gasteiger partial charge in [0.2, 0.25) is 11.8 Å². The van der Waals surface area contributed by atoms with Crippen molar-refractivity contribution in [1.82, 2.24) is 10.6 Å². The molecule has 24 heavy (non-hydrogen) atoms. The number of hydrogen-bond donors (Lipinski definition) is 3. The van der Waals surface area contributed by atoms with E-state index < -0.39 is 6.04 Å². The summed E-state index contributed by atoms with van der Waals surface area (Å²) in [6.07, 6.45) is 2.62. The molecule has 0 spiro atoms. The number of carbonyl (C=O) groups excluding carboxylic acids is 2. The molecule has 6 heteroatoms. The Balaban J connectivity index is 0.00000288. The fraction of sp³-hybridized carbons (Fsp3) is 0.556. The fourth-order valence-electron chi connectivity index (χ4n) is 2.67. The third-order valence-electron chi connectivity index (χ3n) is 4.07. The van der Waals surface area contributed by atoms with E-state index in [1.54, 1.807) is 0 Å². The lowest BCUT2D eigenvalue weighted by atomic mass is 10.0. The van der Waals surface area contributed by atoms with E-state index in [0.29, 0.717) is 18.9 Å². The number of halogens is 1. The van der Waals surface area contributed by atoms with Crippen LogP contribution in [0.3, 0.4) is 0 Å². The van der Waals surface area contributed by atoms with Crippen molar-refractivity contribution in [2.45, 2.75) is 45.2 Å². The van der Waals surface area contributed by atoms with E-state index >= 15 is 0 Å². The lowest BCUT2D eigenvalue weighted by Gasteiger charge is -2.23. The molecule has 134 valence electrons. The fourth-order valence-corrected chi connectivity index (χ4v) is 2.67. The lowest BCUT2D eigenvalue weighted by Crippen LogP contribution is -2.47. The molecule has 2 atom stereocenters. The molecule has 0 aliphatic heterocycles. The SMILES string of the molecule is CC(C)CC(=O)NC(C(=O)NC(CN)C1CC1)c1ccccc1.Cl. The van der Waals surface area contributed by atoms with Gasteiger partial charge in [0.1, 0.15) is 6.04 Å². The first-order chi connectivity index (χ1) is 11.0. The topological polar surface area (TPSA) is 84.2 Å². The van der Waals surface area contributed by atoms with Crippen LogP contribution in [0, 0.1) is 11.8 Å². The molecule has 2 amide bonds. The zero-order chi connectivity index (χ0) is 16.8. The van der Waals surface area contributed by atoms with Crippen molar-refractivity contribution in [2.24, 2.45) is 17.6 Å². The molecular formula is C18H28ClN3O2. The summed E-state index contributed by atoms with van der Waals surface area (Å²) in [5.41, 5.74) is 6.55. The molecule has 0 saturated heterocycles. The molecule has 2 rings (SSSR count). The van der Waals surface area contributed by atoms with Crippen molar-refractivity contribution in [3.8, 4) is 0 Å². The summed E-state index contributed by atoms with van der Waals surface area (Å²) in [6, 6.07) is 8.66. The van der Waals surface area contributed by atoms with E-state index in [0.717, 1.165) is 18.4 Å². The van der Waals surface area contributed by atoms with Crippen LogP contribution < -0.4 is 16.4 Å². The smallest absolute Gasteiger partial charge is 0.247 e. The normalized spacial score (nSPS) is 16.0. The summed E-state index contributed by atoms with van der Waals surface area (Å²) < 4.78 is 0. The molecule has 4 N–H and O–H groups in total. The van der Waals surface area contributed by atoms with Gasteiger partial charge >= 0.3 is 0 Å². The first-order valence-corrected chi connectivity index (χ1v) is 8.36. The highest BCUT2D eigenvalue weighted by atomic mass is 35.5. The van der Waals surface area contributed by atoms with E-state index in [-0.39, 0.29) is 36.2 Å². The Morgan fingerprint density at radius 2 is 1.79 bits per heavy atom. The maximum atomic E-state index is 12.7. The molecule has 5 nitrogen and oxygen atoms in total. The number of hydrogen-bond acceptors (Lipinski definition) is 3. The van der Waals surface area contributed by atoms with Gasteiger partial charge in [-0.2, -0.15) is 0 Å². The molecule has 2 unspecified atom stereocenters. The van der Waals surface area contributed by atoms with Crippen molar-refractivity contribution in [3.63, 3.8) is 0 Å². The number of nitrogens with one attached hydrogen (secondary N) is 2. The van der Waals surface area contributed by atoms with Crippen molar-refractivity contribution >= 4 is 24.2 Å². The van der Waals surface area contributed by atoms with Gasteiger partial charge < -0.3 is 16.4 Å². The third kappa shape index (κ3) is 6.13. The largest absolute Gasteiger partial charge is 0.350 e. The molecule has 1 aromatic carbocycles. The quantitative estimate of drug-likeness (QED) is 0.669. The average molecular weight is 354 g/mol. The van der Waals surface area contributed by atoms with Gasteiger partial charge in [-0.3, -0.25) is 9.59 Å². The zero-order valence-electron chi connectivity index (χ0n) is 14.3. The van der Waals surface area contributed by atoms with Gasteiger partial charge in [0.25, 0.3) is 0 Å². The highest BCUT2D eigenvalue weighted by Crippen LogP contribution is 2.32. The van der Waals surface area contributed by atoms with Crippen LogP contribution in [0.15, 0.2) is 30.3 Å². The second-order valence-electron chi connectivity index (χ2n) is 6.70. The number of carbonyl (C=O) groups is 2. The minimum Gasteiger partial charge on any atom is -0.350 e. The Morgan fingerprint density at radius 3 is 2.29 bits per heavy atom. The van der Waals surface area contributed by atoms with Gasteiger partial charge in [0.05, 0.1) is 0 Å². The Kier molecular flexibility index (Phi) is 8.22.